The molecule has 44 heavy (non-hydrogen) atoms. The van der Waals surface area contributed by atoms with Crippen molar-refractivity contribution in [2.75, 3.05) is 62.6 Å². The Morgan fingerprint density at radius 3 is 2.55 bits per heavy atom. The molecule has 2 amide bonds. The highest BCUT2D eigenvalue weighted by molar-refractivity contribution is 6.04. The fraction of sp³-hybridized carbons (Fsp3) is 0.455. The van der Waals surface area contributed by atoms with Gasteiger partial charge in [0.1, 0.15) is 17.5 Å². The number of nitrogens with one attached hydrogen (secondary N) is 2. The minimum atomic E-state index is -0.407. The number of rotatable bonds is 11. The number of ether oxygens (including phenoxy) is 1. The molecule has 0 bridgehead atoms. The van der Waals surface area contributed by atoms with Gasteiger partial charge in [0.25, 0.3) is 11.8 Å². The summed E-state index contributed by atoms with van der Waals surface area (Å²) in [5, 5.41) is 10.4. The second-order valence-corrected chi connectivity index (χ2v) is 11.5. The third-order valence-electron chi connectivity index (χ3n) is 8.66. The largest absolute Gasteiger partial charge is 0.495 e. The molecule has 1 atom stereocenters. The molecule has 5 rings (SSSR count). The van der Waals surface area contributed by atoms with Crippen LogP contribution in [0.4, 0.5) is 23.1 Å². The summed E-state index contributed by atoms with van der Waals surface area (Å²) in [4.78, 5) is 39.8. The Labute approximate surface area is 260 Å². The highest BCUT2D eigenvalue weighted by Gasteiger charge is 2.39. The van der Waals surface area contributed by atoms with Gasteiger partial charge in [0, 0.05) is 32.7 Å². The summed E-state index contributed by atoms with van der Waals surface area (Å²) in [7, 11) is 5.30. The van der Waals surface area contributed by atoms with E-state index in [1.165, 1.54) is 0 Å². The number of amides is 2. The van der Waals surface area contributed by atoms with Gasteiger partial charge >= 0.3 is 0 Å². The van der Waals surface area contributed by atoms with Crippen LogP contribution in [0.5, 0.6) is 5.75 Å². The van der Waals surface area contributed by atoms with Crippen molar-refractivity contribution >= 4 is 35.0 Å². The number of carbonyl (C=O) groups excluding carboxylic acids is 2. The molecule has 11 heteroatoms. The first kappa shape index (κ1) is 31.2. The van der Waals surface area contributed by atoms with Gasteiger partial charge < -0.3 is 25.2 Å². The summed E-state index contributed by atoms with van der Waals surface area (Å²) in [5.74, 6) is 1.87. The van der Waals surface area contributed by atoms with E-state index in [0.29, 0.717) is 59.9 Å². The van der Waals surface area contributed by atoms with Crippen LogP contribution in [0.25, 0.3) is 0 Å². The zero-order chi connectivity index (χ0) is 31.2. The molecule has 2 N–H and O–H groups in total. The van der Waals surface area contributed by atoms with Crippen LogP contribution >= 0.6 is 0 Å². The van der Waals surface area contributed by atoms with Crippen LogP contribution < -0.4 is 25.3 Å². The molecule has 1 unspecified atom stereocenters. The van der Waals surface area contributed by atoms with Crippen molar-refractivity contribution in [2.45, 2.75) is 45.7 Å². The molecule has 0 radical (unpaired) electrons. The normalized spacial score (nSPS) is 17.5. The first-order valence-electron chi connectivity index (χ1n) is 15.5. The fourth-order valence-corrected chi connectivity index (χ4v) is 6.00. The zero-order valence-corrected chi connectivity index (χ0v) is 26.4. The topological polar surface area (TPSA) is 106 Å². The minimum absolute atomic E-state index is 0.00817. The predicted molar refractivity (Wildman–Crippen MR) is 173 cm³/mol. The number of anilines is 4. The van der Waals surface area contributed by atoms with Gasteiger partial charge in [-0.05, 0) is 68.6 Å². The van der Waals surface area contributed by atoms with Gasteiger partial charge in [0.05, 0.1) is 19.0 Å². The number of carbonyl (C=O) groups is 2. The lowest BCUT2D eigenvalue weighted by atomic mass is 9.96. The van der Waals surface area contributed by atoms with Crippen LogP contribution in [-0.2, 0) is 11.3 Å². The maximum absolute atomic E-state index is 13.3. The van der Waals surface area contributed by atoms with Crippen molar-refractivity contribution in [2.24, 2.45) is 5.92 Å². The number of benzene rings is 2. The van der Waals surface area contributed by atoms with Crippen molar-refractivity contribution < 1.29 is 14.3 Å². The molecule has 234 valence electrons. The quantitative estimate of drug-likeness (QED) is 0.333. The molecular weight excluding hydrogens is 556 g/mol. The van der Waals surface area contributed by atoms with E-state index in [0.717, 1.165) is 38.0 Å². The number of hydrogen-bond donors (Lipinski definition) is 2. The van der Waals surface area contributed by atoms with Crippen LogP contribution in [0.3, 0.4) is 0 Å². The summed E-state index contributed by atoms with van der Waals surface area (Å²) in [5.41, 5.74) is 2.92. The van der Waals surface area contributed by atoms with E-state index in [1.54, 1.807) is 43.5 Å². The van der Waals surface area contributed by atoms with Crippen LogP contribution in [-0.4, -0.2) is 85.1 Å². The second-order valence-electron chi connectivity index (χ2n) is 11.5. The molecule has 11 nitrogen and oxygen atoms in total. The first-order chi connectivity index (χ1) is 21.3. The number of fused-ring (bicyclic) bond motifs is 1. The van der Waals surface area contributed by atoms with Crippen molar-refractivity contribution in [1.29, 1.82) is 0 Å². The average molecular weight is 601 g/mol. The summed E-state index contributed by atoms with van der Waals surface area (Å²) >= 11 is 0. The second kappa shape index (κ2) is 14.0. The molecular formula is C33H44N8O3. The van der Waals surface area contributed by atoms with Crippen LogP contribution in [0.2, 0.25) is 0 Å². The Bertz CT molecular complexity index is 1440. The molecule has 3 aromatic rings. The van der Waals surface area contributed by atoms with Gasteiger partial charge in [-0.15, -0.1) is 0 Å². The van der Waals surface area contributed by atoms with Gasteiger partial charge in [0.15, 0.2) is 5.82 Å². The average Bonchev–Trinajstić information content (AvgIpc) is 3.05. The SMILES string of the molecule is CCC1C(=O)N(C)c2cnc(Nc3ccc(C(=O)NCC4CCN(CC)CC4)cc3OC)nc2N1N(C)Cc1ccccc1. The lowest BCUT2D eigenvalue weighted by Gasteiger charge is -2.44. The minimum Gasteiger partial charge on any atom is -0.495 e. The summed E-state index contributed by atoms with van der Waals surface area (Å²) in [6.07, 6.45) is 4.48. The number of piperidine rings is 1. The van der Waals surface area contributed by atoms with Crippen LogP contribution in [0.15, 0.2) is 54.7 Å². The summed E-state index contributed by atoms with van der Waals surface area (Å²) in [6, 6.07) is 15.0. The highest BCUT2D eigenvalue weighted by Crippen LogP contribution is 2.37. The molecule has 2 aliphatic heterocycles. The third kappa shape index (κ3) is 6.79. The molecule has 2 aliphatic rings. The standard InChI is InChI=1S/C33H44N8O3/c1-6-27-32(43)39(4)28-21-35-33(37-30(28)41(27)38(3)22-24-11-9-8-10-12-24)36-26-14-13-25(19-29(26)44-5)31(42)34-20-23-15-17-40(7-2)18-16-23/h8-14,19,21,23,27H,6-7,15-18,20,22H2,1-5H3,(H,34,42)(H,35,36,37). The van der Waals surface area contributed by atoms with Crippen molar-refractivity contribution in [1.82, 2.24) is 25.2 Å². The Balaban J connectivity index is 1.33. The number of methoxy groups -OCH3 is 1. The van der Waals surface area contributed by atoms with E-state index < -0.39 is 6.04 Å². The fourth-order valence-electron chi connectivity index (χ4n) is 6.00. The van der Waals surface area contributed by atoms with Gasteiger partial charge in [0.2, 0.25) is 5.95 Å². The Kier molecular flexibility index (Phi) is 9.96. The molecule has 0 spiro atoms. The number of nitrogens with zero attached hydrogens (tertiary/aromatic N) is 6. The van der Waals surface area contributed by atoms with Crippen molar-refractivity contribution in [3.8, 4) is 5.75 Å². The predicted octanol–water partition coefficient (Wildman–Crippen LogP) is 4.30. The maximum Gasteiger partial charge on any atom is 0.251 e. The number of hydrazine groups is 1. The number of likely N-dealkylation sites (N-methyl/N-ethyl adjacent to an activating group) is 1. The van der Waals surface area contributed by atoms with Crippen LogP contribution in [0.1, 0.15) is 49.0 Å². The van der Waals surface area contributed by atoms with Crippen molar-refractivity contribution in [3.05, 3.63) is 65.9 Å². The summed E-state index contributed by atoms with van der Waals surface area (Å²) < 4.78 is 5.66. The van der Waals surface area contributed by atoms with E-state index in [9.17, 15) is 9.59 Å². The monoisotopic (exact) mass is 600 g/mol. The Hall–Kier alpha value is -4.22. The van der Waals surface area contributed by atoms with Crippen LogP contribution in [0, 0.1) is 5.92 Å². The van der Waals surface area contributed by atoms with Gasteiger partial charge in [-0.3, -0.25) is 14.6 Å². The van der Waals surface area contributed by atoms with E-state index >= 15 is 0 Å². The maximum atomic E-state index is 13.3. The number of hydrogen-bond acceptors (Lipinski definition) is 9. The number of aromatic nitrogens is 2. The van der Waals surface area contributed by atoms with E-state index in [-0.39, 0.29) is 11.8 Å². The molecule has 1 fully saturated rings. The smallest absolute Gasteiger partial charge is 0.251 e. The molecule has 1 saturated heterocycles. The van der Waals surface area contributed by atoms with E-state index in [4.69, 9.17) is 9.72 Å². The zero-order valence-electron chi connectivity index (χ0n) is 26.4. The Morgan fingerprint density at radius 2 is 1.86 bits per heavy atom. The lowest BCUT2D eigenvalue weighted by molar-refractivity contribution is -0.120. The molecule has 2 aromatic carbocycles. The lowest BCUT2D eigenvalue weighted by Crippen LogP contribution is -2.57. The first-order valence-corrected chi connectivity index (χ1v) is 15.5. The molecule has 0 saturated carbocycles. The van der Waals surface area contributed by atoms with E-state index in [1.807, 2.05) is 42.2 Å². The molecule has 1 aromatic heterocycles. The van der Waals surface area contributed by atoms with Gasteiger partial charge in [-0.1, -0.05) is 44.2 Å². The highest BCUT2D eigenvalue weighted by atomic mass is 16.5. The van der Waals surface area contributed by atoms with Crippen molar-refractivity contribution in [3.63, 3.8) is 0 Å². The number of likely N-dealkylation sites (tertiary alicyclic amines) is 1. The molecule has 3 heterocycles. The third-order valence-corrected chi connectivity index (χ3v) is 8.66. The summed E-state index contributed by atoms with van der Waals surface area (Å²) in [6.45, 7) is 8.72. The van der Waals surface area contributed by atoms with E-state index in [2.05, 4.69) is 39.6 Å². The Morgan fingerprint density at radius 1 is 1.11 bits per heavy atom. The van der Waals surface area contributed by atoms with Gasteiger partial charge in [-0.2, -0.15) is 4.98 Å². The van der Waals surface area contributed by atoms with Gasteiger partial charge in [-0.25, -0.2) is 9.99 Å². The molecule has 0 aliphatic carbocycles.